The molecular weight excluding hydrogens is 200 g/mol. The minimum atomic E-state index is -1.33. The molecule has 2 saturated carbocycles. The van der Waals surface area contributed by atoms with Gasteiger partial charge in [0.2, 0.25) is 0 Å². The molecule has 2 aliphatic rings. The Bertz CT molecular complexity index is 174. The molecule has 0 bridgehead atoms. The molecule has 2 nitrogen and oxygen atoms in total. The second-order valence-electron chi connectivity index (χ2n) is 5.88. The second-order valence-corrected chi connectivity index (χ2v) is 9.70. The Labute approximate surface area is 95.4 Å². The first-order valence-corrected chi connectivity index (χ1v) is 9.71. The van der Waals surface area contributed by atoms with Gasteiger partial charge >= 0.3 is 0 Å². The first-order valence-electron chi connectivity index (χ1n) is 6.71. The van der Waals surface area contributed by atoms with E-state index in [9.17, 15) is 0 Å². The minimum absolute atomic E-state index is 0.820. The van der Waals surface area contributed by atoms with Crippen molar-refractivity contribution in [3.63, 3.8) is 0 Å². The molecule has 0 unspecified atom stereocenters. The van der Waals surface area contributed by atoms with E-state index in [0.717, 1.165) is 12.1 Å². The summed E-state index contributed by atoms with van der Waals surface area (Å²) in [5.41, 5.74) is 0. The monoisotopic (exact) mass is 226 g/mol. The van der Waals surface area contributed by atoms with Gasteiger partial charge in [-0.1, -0.05) is 25.7 Å². The quantitative estimate of drug-likeness (QED) is 0.720. The summed E-state index contributed by atoms with van der Waals surface area (Å²) in [7, 11) is -1.33. The van der Waals surface area contributed by atoms with Crippen LogP contribution in [0.1, 0.15) is 51.4 Å². The minimum Gasteiger partial charge on any atom is -0.323 e. The van der Waals surface area contributed by atoms with E-state index in [1.165, 1.54) is 51.4 Å². The molecule has 0 aromatic carbocycles. The molecule has 0 aliphatic heterocycles. The van der Waals surface area contributed by atoms with Gasteiger partial charge in [-0.05, 0) is 38.8 Å². The Kier molecular flexibility index (Phi) is 3.86. The Morgan fingerprint density at radius 2 is 1.07 bits per heavy atom. The number of nitrogens with one attached hydrogen (secondary N) is 2. The molecule has 0 radical (unpaired) electrons. The largest absolute Gasteiger partial charge is 0.323 e. The van der Waals surface area contributed by atoms with Gasteiger partial charge in [0.15, 0.2) is 8.40 Å². The highest BCUT2D eigenvalue weighted by molar-refractivity contribution is 6.72. The molecule has 88 valence electrons. The Hall–Kier alpha value is 0.137. The number of rotatable bonds is 4. The number of hydrogen-bond acceptors (Lipinski definition) is 2. The van der Waals surface area contributed by atoms with Crippen molar-refractivity contribution in [1.29, 1.82) is 0 Å². The highest BCUT2D eigenvalue weighted by atomic mass is 28.3. The fourth-order valence-electron chi connectivity index (χ4n) is 3.20. The van der Waals surface area contributed by atoms with Crippen LogP contribution in [-0.2, 0) is 0 Å². The molecular formula is C12H26N2Si. The standard InChI is InChI=1S/C12H26N2Si/c1-15(2,13-11-7-3-4-8-11)14-12-9-5-6-10-12/h11-14H,3-10H2,1-2H3. The molecule has 2 rings (SSSR count). The lowest BCUT2D eigenvalue weighted by molar-refractivity contribution is 0.579. The molecule has 2 aliphatic carbocycles. The van der Waals surface area contributed by atoms with E-state index in [1.54, 1.807) is 0 Å². The van der Waals surface area contributed by atoms with Crippen LogP contribution in [0.5, 0.6) is 0 Å². The zero-order chi connectivity index (χ0) is 10.7. The van der Waals surface area contributed by atoms with Crippen LogP contribution in [0.4, 0.5) is 0 Å². The Morgan fingerprint density at radius 1 is 0.733 bits per heavy atom. The summed E-state index contributed by atoms with van der Waals surface area (Å²) >= 11 is 0. The first-order chi connectivity index (χ1) is 7.16. The van der Waals surface area contributed by atoms with Gasteiger partial charge in [-0.15, -0.1) is 0 Å². The molecule has 0 spiro atoms. The van der Waals surface area contributed by atoms with Gasteiger partial charge in [-0.3, -0.25) is 0 Å². The van der Waals surface area contributed by atoms with Crippen LogP contribution >= 0.6 is 0 Å². The third kappa shape index (κ3) is 3.57. The van der Waals surface area contributed by atoms with E-state index in [2.05, 4.69) is 23.1 Å². The first kappa shape index (κ1) is 11.6. The molecule has 2 fully saturated rings. The van der Waals surface area contributed by atoms with Crippen LogP contribution in [0.15, 0.2) is 0 Å². The van der Waals surface area contributed by atoms with E-state index in [4.69, 9.17) is 0 Å². The summed E-state index contributed by atoms with van der Waals surface area (Å²) in [6, 6.07) is 1.64. The number of hydrogen-bond donors (Lipinski definition) is 2. The van der Waals surface area contributed by atoms with Crippen molar-refractivity contribution in [2.75, 3.05) is 0 Å². The van der Waals surface area contributed by atoms with Gasteiger partial charge in [-0.25, -0.2) is 0 Å². The van der Waals surface area contributed by atoms with Gasteiger partial charge in [0.1, 0.15) is 0 Å². The van der Waals surface area contributed by atoms with E-state index in [-0.39, 0.29) is 0 Å². The fraction of sp³-hybridized carbons (Fsp3) is 1.00. The summed E-state index contributed by atoms with van der Waals surface area (Å²) in [4.78, 5) is 7.82. The highest BCUT2D eigenvalue weighted by Gasteiger charge is 2.30. The van der Waals surface area contributed by atoms with Crippen LogP contribution in [0.2, 0.25) is 13.1 Å². The molecule has 15 heavy (non-hydrogen) atoms. The van der Waals surface area contributed by atoms with Crippen molar-refractivity contribution in [1.82, 2.24) is 9.96 Å². The average molecular weight is 226 g/mol. The van der Waals surface area contributed by atoms with Gasteiger partial charge < -0.3 is 9.96 Å². The zero-order valence-electron chi connectivity index (χ0n) is 10.3. The van der Waals surface area contributed by atoms with Crippen LogP contribution < -0.4 is 9.96 Å². The van der Waals surface area contributed by atoms with Crippen LogP contribution in [0.3, 0.4) is 0 Å². The predicted molar refractivity (Wildman–Crippen MR) is 68.3 cm³/mol. The van der Waals surface area contributed by atoms with Crippen LogP contribution in [0.25, 0.3) is 0 Å². The van der Waals surface area contributed by atoms with Crippen molar-refractivity contribution >= 4 is 8.40 Å². The van der Waals surface area contributed by atoms with Gasteiger partial charge in [0.05, 0.1) is 0 Å². The summed E-state index contributed by atoms with van der Waals surface area (Å²) in [5, 5.41) is 0. The molecule has 0 saturated heterocycles. The third-order valence-corrected chi connectivity index (χ3v) is 6.10. The molecule has 0 heterocycles. The summed E-state index contributed by atoms with van der Waals surface area (Å²) in [5.74, 6) is 0. The third-order valence-electron chi connectivity index (χ3n) is 3.84. The van der Waals surface area contributed by atoms with Crippen molar-refractivity contribution < 1.29 is 0 Å². The van der Waals surface area contributed by atoms with Gasteiger partial charge in [0.25, 0.3) is 0 Å². The molecule has 2 N–H and O–H groups in total. The molecule has 0 amide bonds. The normalized spacial score (nSPS) is 25.2. The van der Waals surface area contributed by atoms with Crippen molar-refractivity contribution in [2.24, 2.45) is 0 Å². The molecule has 0 atom stereocenters. The average Bonchev–Trinajstić information content (AvgIpc) is 2.75. The van der Waals surface area contributed by atoms with E-state index >= 15 is 0 Å². The van der Waals surface area contributed by atoms with Crippen LogP contribution in [-0.4, -0.2) is 20.5 Å². The lowest BCUT2D eigenvalue weighted by atomic mass is 10.3. The van der Waals surface area contributed by atoms with Crippen molar-refractivity contribution in [3.8, 4) is 0 Å². The summed E-state index contributed by atoms with van der Waals surface area (Å²) in [6.45, 7) is 4.87. The smallest absolute Gasteiger partial charge is 0.195 e. The van der Waals surface area contributed by atoms with Gasteiger partial charge in [-0.2, -0.15) is 0 Å². The SMILES string of the molecule is C[Si](C)(NC1CCCC1)NC1CCCC1. The maximum absolute atomic E-state index is 3.91. The molecule has 3 heteroatoms. The van der Waals surface area contributed by atoms with E-state index < -0.39 is 8.40 Å². The molecule has 0 aromatic rings. The second kappa shape index (κ2) is 4.98. The van der Waals surface area contributed by atoms with Crippen LogP contribution in [0, 0.1) is 0 Å². The van der Waals surface area contributed by atoms with E-state index in [1.807, 2.05) is 0 Å². The molecule has 0 aromatic heterocycles. The maximum Gasteiger partial charge on any atom is 0.195 e. The Balaban J connectivity index is 1.76. The highest BCUT2D eigenvalue weighted by Crippen LogP contribution is 2.21. The van der Waals surface area contributed by atoms with E-state index in [0.29, 0.717) is 0 Å². The van der Waals surface area contributed by atoms with Crippen molar-refractivity contribution in [3.05, 3.63) is 0 Å². The zero-order valence-corrected chi connectivity index (χ0v) is 11.3. The summed E-state index contributed by atoms with van der Waals surface area (Å²) < 4.78 is 0. The van der Waals surface area contributed by atoms with Gasteiger partial charge in [0, 0.05) is 12.1 Å². The Morgan fingerprint density at radius 3 is 1.40 bits per heavy atom. The predicted octanol–water partition coefficient (Wildman–Crippen LogP) is 2.75. The fourth-order valence-corrected chi connectivity index (χ4v) is 5.90. The lowest BCUT2D eigenvalue weighted by Gasteiger charge is -2.31. The lowest BCUT2D eigenvalue weighted by Crippen LogP contribution is -2.62. The van der Waals surface area contributed by atoms with Crippen molar-refractivity contribution in [2.45, 2.75) is 76.5 Å². The summed E-state index contributed by atoms with van der Waals surface area (Å²) in [6.07, 6.45) is 11.4. The maximum atomic E-state index is 3.91. The topological polar surface area (TPSA) is 24.1 Å².